The second kappa shape index (κ2) is 8.60. The van der Waals surface area contributed by atoms with Gasteiger partial charge in [0.2, 0.25) is 0 Å². The summed E-state index contributed by atoms with van der Waals surface area (Å²) in [6, 6.07) is 16.0. The zero-order chi connectivity index (χ0) is 24.7. The van der Waals surface area contributed by atoms with Crippen LogP contribution < -0.4 is 0 Å². The molecule has 2 unspecified atom stereocenters. The number of fused-ring (bicyclic) bond motifs is 1. The molecule has 6 nitrogen and oxygen atoms in total. The van der Waals surface area contributed by atoms with Gasteiger partial charge in [0.1, 0.15) is 11.3 Å². The molecule has 2 aromatic rings. The lowest BCUT2D eigenvalue weighted by atomic mass is 9.88. The maximum atomic E-state index is 13.6. The molecule has 1 fully saturated rings. The Balaban J connectivity index is 1.55. The lowest BCUT2D eigenvalue weighted by Gasteiger charge is -2.39. The van der Waals surface area contributed by atoms with Crippen LogP contribution >= 0.6 is 0 Å². The summed E-state index contributed by atoms with van der Waals surface area (Å²) in [6.07, 6.45) is 3.62. The maximum Gasteiger partial charge on any atom is 0.261 e. The first-order valence-electron chi connectivity index (χ1n) is 11.4. The van der Waals surface area contributed by atoms with Crippen LogP contribution in [0, 0.1) is 5.41 Å². The van der Waals surface area contributed by atoms with E-state index >= 15 is 0 Å². The molecule has 4 rings (SSSR count). The number of carbonyl (C=O) groups excluding carboxylic acids is 3. The molecule has 0 radical (unpaired) electrons. The van der Waals surface area contributed by atoms with E-state index in [9.17, 15) is 14.4 Å². The van der Waals surface area contributed by atoms with Gasteiger partial charge in [0, 0.05) is 17.5 Å². The lowest BCUT2D eigenvalue weighted by molar-refractivity contribution is -0.0319. The fourth-order valence-electron chi connectivity index (χ4n) is 4.43. The number of benzene rings is 2. The van der Waals surface area contributed by atoms with Crippen LogP contribution in [0.15, 0.2) is 79.1 Å². The quantitative estimate of drug-likeness (QED) is 0.465. The van der Waals surface area contributed by atoms with Gasteiger partial charge in [-0.2, -0.15) is 0 Å². The average molecular weight is 459 g/mol. The Hall–Kier alpha value is -3.67. The lowest BCUT2D eigenvalue weighted by Crippen LogP contribution is -2.53. The van der Waals surface area contributed by atoms with Crippen LogP contribution in [0.25, 0.3) is 0 Å². The van der Waals surface area contributed by atoms with Gasteiger partial charge in [-0.25, -0.2) is 0 Å². The molecular formula is C28H30N2O4. The predicted octanol–water partition coefficient (Wildman–Crippen LogP) is 5.05. The maximum absolute atomic E-state index is 13.6. The fourth-order valence-corrected chi connectivity index (χ4v) is 4.43. The first-order valence-corrected chi connectivity index (χ1v) is 11.4. The second-order valence-electron chi connectivity index (χ2n) is 10.0. The minimum Gasteiger partial charge on any atom is -0.472 e. The first-order chi connectivity index (χ1) is 16.1. The van der Waals surface area contributed by atoms with E-state index in [4.69, 9.17) is 4.74 Å². The molecule has 176 valence electrons. The Kier molecular flexibility index (Phi) is 5.94. The van der Waals surface area contributed by atoms with Gasteiger partial charge in [-0.15, -0.1) is 0 Å². The van der Waals surface area contributed by atoms with Gasteiger partial charge < -0.3 is 4.74 Å². The first kappa shape index (κ1) is 23.5. The molecule has 0 aliphatic carbocycles. The second-order valence-corrected chi connectivity index (χ2v) is 10.0. The topological polar surface area (TPSA) is 66.9 Å². The highest BCUT2D eigenvalue weighted by Gasteiger charge is 2.53. The summed E-state index contributed by atoms with van der Waals surface area (Å²) in [5.41, 5.74) is 0.311. The van der Waals surface area contributed by atoms with Crippen LogP contribution in [0.1, 0.15) is 65.2 Å². The van der Waals surface area contributed by atoms with E-state index in [1.165, 1.54) is 4.90 Å². The summed E-state index contributed by atoms with van der Waals surface area (Å²) in [4.78, 5) is 41.8. The van der Waals surface area contributed by atoms with Gasteiger partial charge in [-0.3, -0.25) is 24.2 Å². The van der Waals surface area contributed by atoms with E-state index in [1.54, 1.807) is 47.4 Å². The summed E-state index contributed by atoms with van der Waals surface area (Å²) < 4.78 is 6.16. The van der Waals surface area contributed by atoms with Crippen molar-refractivity contribution in [3.05, 3.63) is 95.8 Å². The Morgan fingerprint density at radius 1 is 1.00 bits per heavy atom. The molecule has 2 aromatic carbocycles. The summed E-state index contributed by atoms with van der Waals surface area (Å²) in [5.74, 6) is -0.199. The van der Waals surface area contributed by atoms with Gasteiger partial charge in [0.05, 0.1) is 11.1 Å². The smallest absolute Gasteiger partial charge is 0.261 e. The molecule has 0 spiro atoms. The number of nitrogens with zero attached hydrogens (tertiary/aromatic N) is 2. The van der Waals surface area contributed by atoms with Crippen LogP contribution in [0.2, 0.25) is 0 Å². The highest BCUT2D eigenvalue weighted by molar-refractivity contribution is 6.21. The number of amides is 3. The molecule has 2 heterocycles. The highest BCUT2D eigenvalue weighted by Crippen LogP contribution is 2.45. The molecule has 0 saturated carbocycles. The average Bonchev–Trinajstić information content (AvgIpc) is 3.22. The van der Waals surface area contributed by atoms with Gasteiger partial charge in [0.15, 0.2) is 6.23 Å². The summed E-state index contributed by atoms with van der Waals surface area (Å²) >= 11 is 0. The number of carbonyl (C=O) groups is 3. The largest absolute Gasteiger partial charge is 0.472 e. The predicted molar refractivity (Wildman–Crippen MR) is 130 cm³/mol. The molecule has 0 bridgehead atoms. The molecule has 6 heteroatoms. The van der Waals surface area contributed by atoms with Crippen LogP contribution in [0.3, 0.4) is 0 Å². The van der Waals surface area contributed by atoms with E-state index in [-0.39, 0.29) is 29.7 Å². The standard InChI is InChI=1S/C28H30N2O4/c1-19-28(5,17-11-12-18-29-24(32)21-15-9-10-16-22(21)25(29)33)30(26(34-19)27(2,3)4)23(31)20-13-7-6-8-14-20/h6-16,26H,1,17-18H2,2-5H3/b12-11+. The van der Waals surface area contributed by atoms with Crippen molar-refractivity contribution >= 4 is 17.7 Å². The Labute approximate surface area is 200 Å². The third-order valence-corrected chi connectivity index (χ3v) is 6.45. The molecule has 34 heavy (non-hydrogen) atoms. The van der Waals surface area contributed by atoms with Crippen LogP contribution in [-0.2, 0) is 4.74 Å². The van der Waals surface area contributed by atoms with Gasteiger partial charge in [0.25, 0.3) is 17.7 Å². The number of hydrogen-bond acceptors (Lipinski definition) is 4. The molecule has 0 aromatic heterocycles. The molecule has 1 saturated heterocycles. The number of imide groups is 1. The Bertz CT molecular complexity index is 1140. The van der Waals surface area contributed by atoms with E-state index in [0.717, 1.165) is 0 Å². The molecular weight excluding hydrogens is 428 g/mol. The van der Waals surface area contributed by atoms with Crippen LogP contribution in [-0.4, -0.2) is 45.8 Å². The molecule has 3 amide bonds. The van der Waals surface area contributed by atoms with Crippen LogP contribution in [0.5, 0.6) is 0 Å². The number of rotatable bonds is 5. The van der Waals surface area contributed by atoms with Gasteiger partial charge in [-0.1, -0.05) is 69.8 Å². The van der Waals surface area contributed by atoms with Crippen molar-refractivity contribution in [3.8, 4) is 0 Å². The van der Waals surface area contributed by atoms with Gasteiger partial charge >= 0.3 is 0 Å². The van der Waals surface area contributed by atoms with Crippen molar-refractivity contribution in [2.24, 2.45) is 5.41 Å². The van der Waals surface area contributed by atoms with Crippen LogP contribution in [0.4, 0.5) is 0 Å². The third kappa shape index (κ3) is 3.94. The molecule has 0 N–H and O–H groups in total. The zero-order valence-corrected chi connectivity index (χ0v) is 20.1. The normalized spacial score (nSPS) is 22.5. The monoisotopic (exact) mass is 458 g/mol. The number of hydrogen-bond donors (Lipinski definition) is 0. The molecule has 2 atom stereocenters. The van der Waals surface area contributed by atoms with Crippen molar-refractivity contribution in [2.75, 3.05) is 6.54 Å². The Morgan fingerprint density at radius 3 is 2.12 bits per heavy atom. The summed E-state index contributed by atoms with van der Waals surface area (Å²) in [5, 5.41) is 0. The van der Waals surface area contributed by atoms with E-state index in [1.807, 2.05) is 52.0 Å². The third-order valence-electron chi connectivity index (χ3n) is 6.45. The SMILES string of the molecule is C=C1OC(C(C)(C)C)N(C(=O)c2ccccc2)C1(C)C/C=C/CN1C(=O)c2ccccc2C1=O. The van der Waals surface area contributed by atoms with Crippen molar-refractivity contribution < 1.29 is 19.1 Å². The fraction of sp³-hybridized carbons (Fsp3) is 0.321. The van der Waals surface area contributed by atoms with E-state index in [2.05, 4.69) is 6.58 Å². The number of ether oxygens (including phenoxy) is 1. The minimum absolute atomic E-state index is 0.129. The van der Waals surface area contributed by atoms with Crippen molar-refractivity contribution in [1.82, 2.24) is 9.80 Å². The van der Waals surface area contributed by atoms with Gasteiger partial charge in [-0.05, 0) is 37.6 Å². The zero-order valence-electron chi connectivity index (χ0n) is 20.1. The summed E-state index contributed by atoms with van der Waals surface area (Å²) in [7, 11) is 0. The van der Waals surface area contributed by atoms with Crippen molar-refractivity contribution in [3.63, 3.8) is 0 Å². The van der Waals surface area contributed by atoms with Crippen molar-refractivity contribution in [1.29, 1.82) is 0 Å². The summed E-state index contributed by atoms with van der Waals surface area (Å²) in [6.45, 7) is 12.3. The minimum atomic E-state index is -0.788. The van der Waals surface area contributed by atoms with E-state index < -0.39 is 11.8 Å². The van der Waals surface area contributed by atoms with E-state index in [0.29, 0.717) is 28.9 Å². The Morgan fingerprint density at radius 2 is 1.56 bits per heavy atom. The highest BCUT2D eigenvalue weighted by atomic mass is 16.5. The molecule has 2 aliphatic rings. The van der Waals surface area contributed by atoms with Crippen molar-refractivity contribution in [2.45, 2.75) is 45.9 Å². The molecule has 2 aliphatic heterocycles.